The van der Waals surface area contributed by atoms with Crippen molar-refractivity contribution in [1.82, 2.24) is 19.5 Å². The van der Waals surface area contributed by atoms with Crippen LogP contribution in [-0.4, -0.2) is 48.7 Å². The van der Waals surface area contributed by atoms with Crippen molar-refractivity contribution in [2.75, 3.05) is 22.1 Å². The van der Waals surface area contributed by atoms with Gasteiger partial charge in [-0.05, 0) is 6.42 Å². The van der Waals surface area contributed by atoms with Crippen molar-refractivity contribution in [2.24, 2.45) is 11.8 Å². The average Bonchev–Trinajstić information content (AvgIpc) is 3.21. The molecule has 2 N–H and O–H groups in total. The first kappa shape index (κ1) is 21.2. The fourth-order valence-corrected chi connectivity index (χ4v) is 4.81. The first-order valence-electron chi connectivity index (χ1n) is 9.39. The third kappa shape index (κ3) is 3.44. The molecule has 0 unspecified atom stereocenters. The second kappa shape index (κ2) is 8.05. The van der Waals surface area contributed by atoms with Crippen LogP contribution in [0.15, 0.2) is 6.33 Å². The molecule has 1 aliphatic rings. The number of hydrogen-bond donors (Lipinski definition) is 2. The van der Waals surface area contributed by atoms with E-state index in [9.17, 15) is 4.79 Å². The lowest BCUT2D eigenvalue weighted by Gasteiger charge is -2.29. The lowest BCUT2D eigenvalue weighted by atomic mass is 9.87. The van der Waals surface area contributed by atoms with Crippen LogP contribution in [0.5, 0.6) is 0 Å². The van der Waals surface area contributed by atoms with Crippen molar-refractivity contribution in [2.45, 2.75) is 52.1 Å². The fourth-order valence-electron chi connectivity index (χ4n) is 3.40. The summed E-state index contributed by atoms with van der Waals surface area (Å²) in [6, 6.07) is 0. The van der Waals surface area contributed by atoms with Crippen molar-refractivity contribution in [3.63, 3.8) is 0 Å². The van der Waals surface area contributed by atoms with E-state index < -0.39 is 18.0 Å². The van der Waals surface area contributed by atoms with Gasteiger partial charge in [-0.15, -0.1) is 0 Å². The number of nitrogens with zero attached hydrogens (tertiary/aromatic N) is 4. The van der Waals surface area contributed by atoms with E-state index in [1.807, 2.05) is 13.8 Å². The molecule has 1 aliphatic heterocycles. The summed E-state index contributed by atoms with van der Waals surface area (Å²) in [4.78, 5) is 25.2. The number of fused-ring (bicyclic) bond motifs is 1. The minimum atomic E-state index is -1.20. The SMILES string of the molecule is CC[C@@]1(CI)O[C@@H](n2cnc3c(NC)nc(NC(=O)C(C)C)nc32)[C@H](F)[C@@H]1C. The van der Waals surface area contributed by atoms with Crippen molar-refractivity contribution in [3.05, 3.63) is 6.33 Å². The molecule has 154 valence electrons. The van der Waals surface area contributed by atoms with E-state index in [1.54, 1.807) is 25.5 Å². The lowest BCUT2D eigenvalue weighted by molar-refractivity contribution is -0.118. The first-order valence-corrected chi connectivity index (χ1v) is 10.9. The van der Waals surface area contributed by atoms with E-state index >= 15 is 4.39 Å². The van der Waals surface area contributed by atoms with Crippen molar-refractivity contribution < 1.29 is 13.9 Å². The van der Waals surface area contributed by atoms with Gasteiger partial charge in [0.1, 0.15) is 0 Å². The number of anilines is 2. The third-order valence-corrected chi connectivity index (χ3v) is 6.74. The molecule has 3 rings (SSSR count). The second-order valence-corrected chi connectivity index (χ2v) is 8.17. The van der Waals surface area contributed by atoms with Gasteiger partial charge in [0.15, 0.2) is 29.4 Å². The zero-order chi connectivity index (χ0) is 20.6. The Hall–Kier alpha value is -1.56. The van der Waals surface area contributed by atoms with Gasteiger partial charge in [-0.1, -0.05) is 50.3 Å². The Bertz CT molecular complexity index is 869. The number of hydrogen-bond acceptors (Lipinski definition) is 6. The molecule has 0 spiro atoms. The smallest absolute Gasteiger partial charge is 0.233 e. The highest BCUT2D eigenvalue weighted by atomic mass is 127. The van der Waals surface area contributed by atoms with Gasteiger partial charge in [0.05, 0.1) is 11.9 Å². The van der Waals surface area contributed by atoms with Gasteiger partial charge in [0.2, 0.25) is 11.9 Å². The molecule has 3 heterocycles. The highest BCUT2D eigenvalue weighted by Crippen LogP contribution is 2.46. The molecule has 1 amide bonds. The Morgan fingerprint density at radius 3 is 2.71 bits per heavy atom. The van der Waals surface area contributed by atoms with Crippen molar-refractivity contribution in [3.8, 4) is 0 Å². The van der Waals surface area contributed by atoms with Crippen LogP contribution in [0.2, 0.25) is 0 Å². The summed E-state index contributed by atoms with van der Waals surface area (Å²) in [7, 11) is 1.71. The maximum absolute atomic E-state index is 15.2. The van der Waals surface area contributed by atoms with Crippen molar-refractivity contribution in [1.29, 1.82) is 0 Å². The Kier molecular flexibility index (Phi) is 6.08. The number of ether oxygens (including phenoxy) is 1. The zero-order valence-electron chi connectivity index (χ0n) is 16.7. The number of carbonyl (C=O) groups excluding carboxylic acids is 1. The lowest BCUT2D eigenvalue weighted by Crippen LogP contribution is -2.36. The quantitative estimate of drug-likeness (QED) is 0.462. The molecule has 8 nitrogen and oxygen atoms in total. The summed E-state index contributed by atoms with van der Waals surface area (Å²) >= 11 is 2.25. The number of rotatable bonds is 6. The Balaban J connectivity index is 2.06. The molecule has 28 heavy (non-hydrogen) atoms. The molecule has 4 atom stereocenters. The number of carbonyl (C=O) groups is 1. The molecule has 0 saturated carbocycles. The summed E-state index contributed by atoms with van der Waals surface area (Å²) in [5.41, 5.74) is 0.380. The summed E-state index contributed by atoms with van der Waals surface area (Å²) in [5.74, 6) is -0.0707. The number of nitrogens with one attached hydrogen (secondary N) is 2. The van der Waals surface area contributed by atoms with Gasteiger partial charge in [0.25, 0.3) is 0 Å². The van der Waals surface area contributed by atoms with E-state index in [4.69, 9.17) is 4.74 Å². The fraction of sp³-hybridized carbons (Fsp3) is 0.667. The van der Waals surface area contributed by atoms with Crippen LogP contribution in [0.25, 0.3) is 11.2 Å². The number of alkyl halides is 2. The summed E-state index contributed by atoms with van der Waals surface area (Å²) < 4.78 is 23.8. The monoisotopic (exact) mass is 504 g/mol. The van der Waals surface area contributed by atoms with Crippen LogP contribution in [0.3, 0.4) is 0 Å². The van der Waals surface area contributed by atoms with Gasteiger partial charge in [-0.3, -0.25) is 14.7 Å². The largest absolute Gasteiger partial charge is 0.371 e. The van der Waals surface area contributed by atoms with Gasteiger partial charge in [-0.2, -0.15) is 9.97 Å². The molecule has 2 aromatic rings. The van der Waals surface area contributed by atoms with Crippen LogP contribution in [0.4, 0.5) is 16.2 Å². The zero-order valence-corrected chi connectivity index (χ0v) is 18.8. The normalized spacial score (nSPS) is 27.5. The maximum Gasteiger partial charge on any atom is 0.233 e. The summed E-state index contributed by atoms with van der Waals surface area (Å²) in [5, 5.41) is 5.66. The van der Waals surface area contributed by atoms with E-state index in [0.717, 1.165) is 0 Å². The molecule has 1 fully saturated rings. The minimum absolute atomic E-state index is 0.148. The maximum atomic E-state index is 15.2. The molecule has 0 aliphatic carbocycles. The highest BCUT2D eigenvalue weighted by molar-refractivity contribution is 14.1. The van der Waals surface area contributed by atoms with E-state index in [-0.39, 0.29) is 23.7 Å². The predicted molar refractivity (Wildman–Crippen MR) is 114 cm³/mol. The van der Waals surface area contributed by atoms with Crippen LogP contribution >= 0.6 is 22.6 Å². The van der Waals surface area contributed by atoms with Crippen LogP contribution in [0.1, 0.15) is 40.3 Å². The summed E-state index contributed by atoms with van der Waals surface area (Å²) in [6.07, 6.45) is 0.210. The molecular weight excluding hydrogens is 478 g/mol. The van der Waals surface area contributed by atoms with E-state index in [0.29, 0.717) is 27.8 Å². The summed E-state index contributed by atoms with van der Waals surface area (Å²) in [6.45, 7) is 7.46. The number of aromatic nitrogens is 4. The molecular formula is C18H26FIN6O2. The number of amides is 1. The number of halogens is 2. The minimum Gasteiger partial charge on any atom is -0.371 e. The Morgan fingerprint density at radius 1 is 1.46 bits per heavy atom. The topological polar surface area (TPSA) is 94.0 Å². The van der Waals surface area contributed by atoms with Crippen LogP contribution in [0, 0.1) is 11.8 Å². The first-order chi connectivity index (χ1) is 13.3. The van der Waals surface area contributed by atoms with E-state index in [1.165, 1.54) is 6.33 Å². The molecule has 0 aromatic carbocycles. The average molecular weight is 504 g/mol. The molecule has 10 heteroatoms. The predicted octanol–water partition coefficient (Wildman–Crippen LogP) is 3.55. The van der Waals surface area contributed by atoms with Crippen LogP contribution in [-0.2, 0) is 9.53 Å². The van der Waals surface area contributed by atoms with Crippen molar-refractivity contribution >= 4 is 51.4 Å². The second-order valence-electron chi connectivity index (χ2n) is 7.41. The van der Waals surface area contributed by atoms with Gasteiger partial charge < -0.3 is 10.1 Å². The van der Waals surface area contributed by atoms with Crippen LogP contribution < -0.4 is 10.6 Å². The van der Waals surface area contributed by atoms with E-state index in [2.05, 4.69) is 48.2 Å². The van der Waals surface area contributed by atoms with Gasteiger partial charge >= 0.3 is 0 Å². The third-order valence-electron chi connectivity index (χ3n) is 5.45. The molecule has 0 bridgehead atoms. The molecule has 2 aromatic heterocycles. The Labute approximate surface area is 177 Å². The van der Waals surface area contributed by atoms with Gasteiger partial charge in [-0.25, -0.2) is 9.37 Å². The molecule has 0 radical (unpaired) electrons. The number of imidazole rings is 1. The molecule has 1 saturated heterocycles. The Morgan fingerprint density at radius 2 is 2.18 bits per heavy atom. The highest BCUT2D eigenvalue weighted by Gasteiger charge is 2.52. The standard InChI is InChI=1S/C18H26FIN6O2/c1-6-18(7-20)10(4)11(19)16(28-18)26-8-22-12-13(21-5)23-17(24-14(12)26)25-15(27)9(2)3/h8-11,16H,6-7H2,1-5H3,(H2,21,23,24,25,27)/t10-,11+,16+,18-/m0/s1. The van der Waals surface area contributed by atoms with Gasteiger partial charge in [0, 0.05) is 23.3 Å².